The molecular weight excluding hydrogens is 588 g/mol. The number of benzene rings is 1. The third-order valence-corrected chi connectivity index (χ3v) is 8.77. The monoisotopic (exact) mass is 644 g/mol. The van der Waals surface area contributed by atoms with E-state index in [1.54, 1.807) is 6.92 Å². The molecule has 7 N–H and O–H groups in total. The van der Waals surface area contributed by atoms with Crippen LogP contribution in [0, 0.1) is 23.7 Å². The first kappa shape index (κ1) is 38.5. The number of carbonyl (C=O) groups is 5. The Labute approximate surface area is 274 Å². The van der Waals surface area contributed by atoms with Crippen molar-refractivity contribution < 1.29 is 29.1 Å². The molecule has 1 aliphatic carbocycles. The number of hydrogen-bond acceptors (Lipinski definition) is 7. The zero-order valence-corrected chi connectivity index (χ0v) is 28.7. The maximum absolute atomic E-state index is 13.6. The minimum atomic E-state index is -0.868. The topological polar surface area (TPSA) is 178 Å². The molecule has 2 rings (SSSR count). The lowest BCUT2D eigenvalue weighted by Crippen LogP contribution is -2.58. The van der Waals surface area contributed by atoms with E-state index in [9.17, 15) is 29.1 Å². The van der Waals surface area contributed by atoms with Crippen molar-refractivity contribution in [2.45, 2.75) is 111 Å². The first-order valence-corrected chi connectivity index (χ1v) is 16.8. The Hall–Kier alpha value is -3.67. The number of carbonyl (C=O) groups excluding carboxylic acids is 5. The van der Waals surface area contributed by atoms with Gasteiger partial charge in [0, 0.05) is 24.7 Å². The van der Waals surface area contributed by atoms with Gasteiger partial charge in [-0.05, 0) is 74.6 Å². The van der Waals surface area contributed by atoms with Gasteiger partial charge in [0.1, 0.15) is 23.9 Å². The quantitative estimate of drug-likeness (QED) is 0.121. The largest absolute Gasteiger partial charge is 0.508 e. The molecular formula is C34H56N6O6. The first-order chi connectivity index (χ1) is 21.7. The Balaban J connectivity index is 2.08. The van der Waals surface area contributed by atoms with Crippen molar-refractivity contribution in [1.82, 2.24) is 31.9 Å². The Morgan fingerprint density at radius 2 is 1.46 bits per heavy atom. The lowest BCUT2D eigenvalue weighted by Gasteiger charge is -2.28. The van der Waals surface area contributed by atoms with Gasteiger partial charge in [-0.1, -0.05) is 54.4 Å². The predicted octanol–water partition coefficient (Wildman–Crippen LogP) is 2.22. The molecule has 1 aromatic rings. The van der Waals surface area contributed by atoms with Crippen molar-refractivity contribution in [1.29, 1.82) is 0 Å². The number of phenols is 1. The van der Waals surface area contributed by atoms with Crippen molar-refractivity contribution in [2.24, 2.45) is 23.7 Å². The molecule has 258 valence electrons. The number of aromatic hydroxyl groups is 1. The van der Waals surface area contributed by atoms with E-state index < -0.39 is 36.0 Å². The van der Waals surface area contributed by atoms with Gasteiger partial charge in [0.25, 0.3) is 5.91 Å². The third-order valence-electron chi connectivity index (χ3n) is 8.77. The molecule has 1 aliphatic rings. The minimum Gasteiger partial charge on any atom is -0.508 e. The maximum atomic E-state index is 13.6. The molecule has 1 aromatic carbocycles. The van der Waals surface area contributed by atoms with Crippen LogP contribution in [0.15, 0.2) is 24.3 Å². The van der Waals surface area contributed by atoms with Crippen LogP contribution in [0.2, 0.25) is 0 Å². The predicted molar refractivity (Wildman–Crippen MR) is 178 cm³/mol. The van der Waals surface area contributed by atoms with E-state index >= 15 is 0 Å². The summed E-state index contributed by atoms with van der Waals surface area (Å²) in [4.78, 5) is 65.4. The molecule has 12 nitrogen and oxygen atoms in total. The average Bonchev–Trinajstić information content (AvgIpc) is 3.75. The van der Waals surface area contributed by atoms with Crippen molar-refractivity contribution >= 4 is 29.5 Å². The summed E-state index contributed by atoms with van der Waals surface area (Å²) in [5, 5.41) is 27.2. The van der Waals surface area contributed by atoms with Crippen LogP contribution in [0.1, 0.15) is 91.4 Å². The molecule has 8 atom stereocenters. The summed E-state index contributed by atoms with van der Waals surface area (Å²) >= 11 is 0. The van der Waals surface area contributed by atoms with Gasteiger partial charge in [-0.2, -0.15) is 0 Å². The Bertz CT molecular complexity index is 1180. The minimum absolute atomic E-state index is 0.0317. The molecule has 2 unspecified atom stereocenters. The van der Waals surface area contributed by atoms with E-state index in [2.05, 4.69) is 38.8 Å². The normalized spacial score (nSPS) is 19.5. The second-order valence-corrected chi connectivity index (χ2v) is 13.0. The summed E-state index contributed by atoms with van der Waals surface area (Å²) in [7, 11) is 0. The van der Waals surface area contributed by atoms with E-state index in [0.717, 1.165) is 6.42 Å². The molecule has 0 aliphatic heterocycles. The molecule has 0 aromatic heterocycles. The molecule has 12 heteroatoms. The Morgan fingerprint density at radius 1 is 0.826 bits per heavy atom. The van der Waals surface area contributed by atoms with Gasteiger partial charge in [-0.3, -0.25) is 24.0 Å². The van der Waals surface area contributed by atoms with Gasteiger partial charge >= 0.3 is 0 Å². The summed E-state index contributed by atoms with van der Waals surface area (Å²) in [6, 6.07) is 2.56. The summed E-state index contributed by atoms with van der Waals surface area (Å²) in [6.07, 6.45) is 2.62. The highest BCUT2D eigenvalue weighted by atomic mass is 16.3. The molecule has 46 heavy (non-hydrogen) atoms. The molecule has 0 bridgehead atoms. The summed E-state index contributed by atoms with van der Waals surface area (Å²) in [5.41, 5.74) is 0.308. The standard InChI is InChI=1S/C34H56N6O6/c1-9-12-26(37-34(46)29(20(6)10-2)40-31(43)23-13-15-24(41)16-14-23)32(44)38-27(25-17-21(25)7)18-36-22(8)30(42)39-28(19(4)5)33(45)35-11-3/h13-16,19-22,25-29,36,41H,9-12,17-18H2,1-8H3,(H,35,45)(H,37,46)(H,38,44)(H,39,42)(H,40,43)/t20-,21?,22-,25?,26-,27+,28-,29-/m0/s1. The van der Waals surface area contributed by atoms with Crippen LogP contribution >= 0.6 is 0 Å². The van der Waals surface area contributed by atoms with Gasteiger partial charge in [-0.15, -0.1) is 0 Å². The zero-order valence-electron chi connectivity index (χ0n) is 28.7. The van der Waals surface area contributed by atoms with E-state index in [0.29, 0.717) is 43.8 Å². The van der Waals surface area contributed by atoms with Crippen molar-refractivity contribution in [2.75, 3.05) is 13.1 Å². The highest BCUT2D eigenvalue weighted by molar-refractivity contribution is 5.98. The number of likely N-dealkylation sites (N-methyl/N-ethyl adjacent to an activating group) is 1. The van der Waals surface area contributed by atoms with Crippen molar-refractivity contribution in [3.05, 3.63) is 29.8 Å². The van der Waals surface area contributed by atoms with Crippen LogP contribution < -0.4 is 31.9 Å². The Morgan fingerprint density at radius 3 is 1.98 bits per heavy atom. The molecule has 0 saturated heterocycles. The zero-order chi connectivity index (χ0) is 34.6. The molecule has 0 radical (unpaired) electrons. The molecule has 0 heterocycles. The lowest BCUT2D eigenvalue weighted by atomic mass is 9.97. The van der Waals surface area contributed by atoms with Gasteiger partial charge in [0.2, 0.25) is 23.6 Å². The van der Waals surface area contributed by atoms with Gasteiger partial charge in [0.05, 0.1) is 6.04 Å². The fourth-order valence-electron chi connectivity index (χ4n) is 5.36. The van der Waals surface area contributed by atoms with Crippen LogP contribution in [0.25, 0.3) is 0 Å². The van der Waals surface area contributed by atoms with Crippen LogP contribution in [0.5, 0.6) is 5.75 Å². The third kappa shape index (κ3) is 11.6. The maximum Gasteiger partial charge on any atom is 0.251 e. The lowest BCUT2D eigenvalue weighted by molar-refractivity contribution is -0.131. The van der Waals surface area contributed by atoms with Crippen LogP contribution in [0.3, 0.4) is 0 Å². The molecule has 0 spiro atoms. The fourth-order valence-corrected chi connectivity index (χ4v) is 5.36. The van der Waals surface area contributed by atoms with E-state index in [1.807, 2.05) is 41.5 Å². The summed E-state index contributed by atoms with van der Waals surface area (Å²) in [6.45, 7) is 15.9. The van der Waals surface area contributed by atoms with Crippen LogP contribution in [-0.4, -0.2) is 77.9 Å². The van der Waals surface area contributed by atoms with Crippen LogP contribution in [-0.2, 0) is 19.2 Å². The second kappa shape index (κ2) is 18.5. The highest BCUT2D eigenvalue weighted by Crippen LogP contribution is 2.40. The van der Waals surface area contributed by atoms with Gasteiger partial charge in [-0.25, -0.2) is 0 Å². The molecule has 1 fully saturated rings. The summed E-state index contributed by atoms with van der Waals surface area (Å²) in [5.74, 6) is -1.37. The summed E-state index contributed by atoms with van der Waals surface area (Å²) < 4.78 is 0. The van der Waals surface area contributed by atoms with Crippen molar-refractivity contribution in [3.63, 3.8) is 0 Å². The highest BCUT2D eigenvalue weighted by Gasteiger charge is 2.41. The molecule has 1 saturated carbocycles. The van der Waals surface area contributed by atoms with E-state index in [-0.39, 0.29) is 47.3 Å². The first-order valence-electron chi connectivity index (χ1n) is 16.8. The Kier molecular flexibility index (Phi) is 15.5. The SMILES string of the molecule is CCC[C@H](NC(=O)[C@@H](NC(=O)c1ccc(O)cc1)[C@@H](C)CC)C(=O)N[C@H](CN[C@@H](C)C(=O)N[C@H](C(=O)NCC)C(C)C)C1CC1C. The number of amides is 5. The fraction of sp³-hybridized carbons (Fsp3) is 0.676. The molecule has 5 amide bonds. The van der Waals surface area contributed by atoms with Gasteiger partial charge < -0.3 is 37.0 Å². The van der Waals surface area contributed by atoms with E-state index in [1.165, 1.54) is 24.3 Å². The number of nitrogens with one attached hydrogen (secondary N) is 6. The smallest absolute Gasteiger partial charge is 0.251 e. The number of phenolic OH excluding ortho intramolecular Hbond substituents is 1. The van der Waals surface area contributed by atoms with E-state index in [4.69, 9.17) is 0 Å². The second-order valence-electron chi connectivity index (χ2n) is 13.0. The van der Waals surface area contributed by atoms with Gasteiger partial charge in [0.15, 0.2) is 0 Å². The number of hydrogen-bond donors (Lipinski definition) is 7. The number of rotatable bonds is 19. The van der Waals surface area contributed by atoms with Crippen LogP contribution in [0.4, 0.5) is 0 Å². The van der Waals surface area contributed by atoms with Crippen molar-refractivity contribution in [3.8, 4) is 5.75 Å². The average molecular weight is 645 g/mol.